The summed E-state index contributed by atoms with van der Waals surface area (Å²) >= 11 is 0. The van der Waals surface area contributed by atoms with Crippen LogP contribution in [0.2, 0.25) is 0 Å². The summed E-state index contributed by atoms with van der Waals surface area (Å²) in [5.41, 5.74) is 5.16. The van der Waals surface area contributed by atoms with Crippen LogP contribution in [0.4, 0.5) is 0 Å². The lowest BCUT2D eigenvalue weighted by molar-refractivity contribution is 0.0262. The van der Waals surface area contributed by atoms with Crippen LogP contribution in [0.15, 0.2) is 0 Å². The monoisotopic (exact) mass is 186 g/mol. The molecule has 0 heterocycles. The molecular formula is C10H22N2O. The Labute approximate surface area is 80.7 Å². The smallest absolute Gasteiger partial charge is 0.0766 e. The van der Waals surface area contributed by atoms with E-state index in [1.54, 1.807) is 0 Å². The fourth-order valence-corrected chi connectivity index (χ4v) is 1.66. The molecule has 4 N–H and O–H groups in total. The van der Waals surface area contributed by atoms with Crippen LogP contribution in [-0.4, -0.2) is 29.3 Å². The number of hydrogen-bond donors (Lipinski definition) is 3. The Balaban J connectivity index is 2.17. The van der Waals surface area contributed by atoms with Crippen LogP contribution in [0.3, 0.4) is 0 Å². The van der Waals surface area contributed by atoms with E-state index in [0.717, 1.165) is 25.7 Å². The summed E-state index contributed by atoms with van der Waals surface area (Å²) in [5.74, 6) is 0. The second-order valence-electron chi connectivity index (χ2n) is 4.24. The fraction of sp³-hybridized carbons (Fsp3) is 1.00. The zero-order valence-corrected chi connectivity index (χ0v) is 8.71. The minimum atomic E-state index is -0.514. The minimum absolute atomic E-state index is 0.383. The Morgan fingerprint density at radius 2 is 1.92 bits per heavy atom. The standard InChI is InChI=1S/C10H22N2O/c1-3-10(13,4-2)7-12-9-5-8(11)6-9/h8-9,12-13H,3-7,11H2,1-2H3. The molecule has 1 fully saturated rings. The van der Waals surface area contributed by atoms with Crippen LogP contribution in [0.1, 0.15) is 39.5 Å². The third-order valence-electron chi connectivity index (χ3n) is 3.21. The Kier molecular flexibility index (Phi) is 3.71. The third kappa shape index (κ3) is 2.93. The minimum Gasteiger partial charge on any atom is -0.389 e. The van der Waals surface area contributed by atoms with Crippen molar-refractivity contribution in [3.05, 3.63) is 0 Å². The molecule has 0 aromatic heterocycles. The molecule has 0 radical (unpaired) electrons. The van der Waals surface area contributed by atoms with Crippen LogP contribution in [-0.2, 0) is 0 Å². The molecule has 0 spiro atoms. The van der Waals surface area contributed by atoms with Crippen LogP contribution in [0.25, 0.3) is 0 Å². The third-order valence-corrected chi connectivity index (χ3v) is 3.21. The summed E-state index contributed by atoms with van der Waals surface area (Å²) in [6.45, 7) is 4.76. The predicted octanol–water partition coefficient (Wildman–Crippen LogP) is 0.617. The van der Waals surface area contributed by atoms with E-state index in [-0.39, 0.29) is 0 Å². The quantitative estimate of drug-likeness (QED) is 0.590. The molecule has 0 amide bonds. The number of rotatable bonds is 5. The number of aliphatic hydroxyl groups is 1. The lowest BCUT2D eigenvalue weighted by atomic mass is 9.86. The van der Waals surface area contributed by atoms with Crippen LogP contribution >= 0.6 is 0 Å². The van der Waals surface area contributed by atoms with E-state index in [9.17, 15) is 5.11 Å². The molecule has 0 saturated heterocycles. The van der Waals surface area contributed by atoms with E-state index < -0.39 is 5.60 Å². The Hall–Kier alpha value is -0.120. The van der Waals surface area contributed by atoms with Crippen molar-refractivity contribution in [1.82, 2.24) is 5.32 Å². The number of nitrogens with two attached hydrogens (primary N) is 1. The largest absolute Gasteiger partial charge is 0.389 e. The summed E-state index contributed by atoms with van der Waals surface area (Å²) < 4.78 is 0. The van der Waals surface area contributed by atoms with Crippen molar-refractivity contribution in [1.29, 1.82) is 0 Å². The van der Waals surface area contributed by atoms with Gasteiger partial charge in [0.15, 0.2) is 0 Å². The summed E-state index contributed by atoms with van der Waals surface area (Å²) in [7, 11) is 0. The summed E-state index contributed by atoms with van der Waals surface area (Å²) in [4.78, 5) is 0. The van der Waals surface area contributed by atoms with Crippen molar-refractivity contribution in [2.45, 2.75) is 57.2 Å². The van der Waals surface area contributed by atoms with E-state index in [4.69, 9.17) is 5.73 Å². The first-order valence-electron chi connectivity index (χ1n) is 5.31. The van der Waals surface area contributed by atoms with E-state index in [1.165, 1.54) is 0 Å². The van der Waals surface area contributed by atoms with Gasteiger partial charge in [0.25, 0.3) is 0 Å². The number of nitrogens with one attached hydrogen (secondary N) is 1. The van der Waals surface area contributed by atoms with Crippen molar-refractivity contribution >= 4 is 0 Å². The van der Waals surface area contributed by atoms with Gasteiger partial charge in [-0.25, -0.2) is 0 Å². The zero-order chi connectivity index (χ0) is 9.90. The second kappa shape index (κ2) is 4.40. The number of hydrogen-bond acceptors (Lipinski definition) is 3. The van der Waals surface area contributed by atoms with Gasteiger partial charge in [0.2, 0.25) is 0 Å². The van der Waals surface area contributed by atoms with Crippen LogP contribution in [0.5, 0.6) is 0 Å². The first-order valence-corrected chi connectivity index (χ1v) is 5.31. The molecule has 0 bridgehead atoms. The second-order valence-corrected chi connectivity index (χ2v) is 4.24. The normalized spacial score (nSPS) is 28.6. The molecule has 1 aliphatic rings. The van der Waals surface area contributed by atoms with E-state index >= 15 is 0 Å². The van der Waals surface area contributed by atoms with Crippen molar-refractivity contribution in [2.75, 3.05) is 6.54 Å². The van der Waals surface area contributed by atoms with Gasteiger partial charge in [0, 0.05) is 18.6 Å². The van der Waals surface area contributed by atoms with Gasteiger partial charge in [-0.05, 0) is 25.7 Å². The molecule has 3 nitrogen and oxygen atoms in total. The first kappa shape index (κ1) is 11.0. The molecule has 0 aromatic carbocycles. The van der Waals surface area contributed by atoms with Crippen molar-refractivity contribution in [2.24, 2.45) is 5.73 Å². The van der Waals surface area contributed by atoms with Gasteiger partial charge < -0.3 is 16.2 Å². The average Bonchev–Trinajstić information content (AvgIpc) is 2.10. The van der Waals surface area contributed by atoms with Crippen molar-refractivity contribution in [3.63, 3.8) is 0 Å². The first-order chi connectivity index (χ1) is 6.09. The highest BCUT2D eigenvalue weighted by atomic mass is 16.3. The topological polar surface area (TPSA) is 58.3 Å². The van der Waals surface area contributed by atoms with Gasteiger partial charge in [-0.1, -0.05) is 13.8 Å². The van der Waals surface area contributed by atoms with Gasteiger partial charge in [-0.2, -0.15) is 0 Å². The molecule has 0 aromatic rings. The van der Waals surface area contributed by atoms with E-state index in [1.807, 2.05) is 13.8 Å². The van der Waals surface area contributed by atoms with Gasteiger partial charge in [0.05, 0.1) is 5.60 Å². The lowest BCUT2D eigenvalue weighted by Gasteiger charge is -2.36. The van der Waals surface area contributed by atoms with E-state index in [2.05, 4.69) is 5.32 Å². The van der Waals surface area contributed by atoms with Crippen molar-refractivity contribution < 1.29 is 5.11 Å². The molecule has 0 unspecified atom stereocenters. The maximum Gasteiger partial charge on any atom is 0.0766 e. The Morgan fingerprint density at radius 3 is 2.31 bits per heavy atom. The molecule has 1 rings (SSSR count). The fourth-order valence-electron chi connectivity index (χ4n) is 1.66. The van der Waals surface area contributed by atoms with Gasteiger partial charge in [0.1, 0.15) is 0 Å². The molecule has 0 atom stereocenters. The van der Waals surface area contributed by atoms with Crippen LogP contribution in [0, 0.1) is 0 Å². The average molecular weight is 186 g/mol. The Bertz CT molecular complexity index is 151. The Morgan fingerprint density at radius 1 is 1.38 bits per heavy atom. The zero-order valence-electron chi connectivity index (χ0n) is 8.71. The molecule has 1 aliphatic carbocycles. The molecule has 1 saturated carbocycles. The summed E-state index contributed by atoms with van der Waals surface area (Å²) in [6, 6.07) is 0.925. The van der Waals surface area contributed by atoms with Gasteiger partial charge >= 0.3 is 0 Å². The summed E-state index contributed by atoms with van der Waals surface area (Å²) in [6.07, 6.45) is 3.75. The highest BCUT2D eigenvalue weighted by Crippen LogP contribution is 2.19. The predicted molar refractivity (Wildman–Crippen MR) is 54.5 cm³/mol. The highest BCUT2D eigenvalue weighted by Gasteiger charge is 2.29. The maximum absolute atomic E-state index is 9.97. The molecule has 78 valence electrons. The molecule has 13 heavy (non-hydrogen) atoms. The lowest BCUT2D eigenvalue weighted by Crippen LogP contribution is -2.52. The van der Waals surface area contributed by atoms with E-state index in [0.29, 0.717) is 18.6 Å². The molecular weight excluding hydrogens is 164 g/mol. The van der Waals surface area contributed by atoms with Crippen molar-refractivity contribution in [3.8, 4) is 0 Å². The maximum atomic E-state index is 9.97. The molecule has 0 aliphatic heterocycles. The van der Waals surface area contributed by atoms with Gasteiger partial charge in [-0.15, -0.1) is 0 Å². The van der Waals surface area contributed by atoms with Gasteiger partial charge in [-0.3, -0.25) is 0 Å². The molecule has 3 heteroatoms. The SMILES string of the molecule is CCC(O)(CC)CNC1CC(N)C1. The summed E-state index contributed by atoms with van der Waals surface area (Å²) in [5, 5.41) is 13.3. The highest BCUT2D eigenvalue weighted by molar-refractivity contribution is 4.90. The van der Waals surface area contributed by atoms with Crippen LogP contribution < -0.4 is 11.1 Å².